The minimum Gasteiger partial charge on any atom is -0.314 e. The molecule has 1 aliphatic rings. The Bertz CT molecular complexity index is 196. The summed E-state index contributed by atoms with van der Waals surface area (Å²) in [4.78, 5) is 4.95. The summed E-state index contributed by atoms with van der Waals surface area (Å²) in [7, 11) is 2.23. The molecule has 1 fully saturated rings. The Morgan fingerprint density at radius 3 is 2.39 bits per heavy atom. The lowest BCUT2D eigenvalue weighted by Gasteiger charge is -2.33. The third kappa shape index (κ3) is 5.68. The van der Waals surface area contributed by atoms with E-state index in [0.29, 0.717) is 6.04 Å². The Kier molecular flexibility index (Phi) is 7.87. The van der Waals surface area contributed by atoms with Crippen LogP contribution in [0.15, 0.2) is 0 Å². The summed E-state index contributed by atoms with van der Waals surface area (Å²) >= 11 is 0. The highest BCUT2D eigenvalue weighted by Gasteiger charge is 2.21. The summed E-state index contributed by atoms with van der Waals surface area (Å²) in [6.07, 6.45) is 4.00. The van der Waals surface area contributed by atoms with Crippen molar-refractivity contribution in [2.45, 2.75) is 46.1 Å². The average Bonchev–Trinajstić information content (AvgIpc) is 2.39. The maximum absolute atomic E-state index is 3.73. The van der Waals surface area contributed by atoms with Crippen molar-refractivity contribution in [3.8, 4) is 0 Å². The van der Waals surface area contributed by atoms with Crippen molar-refractivity contribution in [3.63, 3.8) is 0 Å². The van der Waals surface area contributed by atoms with E-state index < -0.39 is 0 Å². The van der Waals surface area contributed by atoms with E-state index in [4.69, 9.17) is 0 Å². The Morgan fingerprint density at radius 2 is 1.83 bits per heavy atom. The van der Waals surface area contributed by atoms with E-state index in [1.807, 2.05) is 0 Å². The molecule has 0 saturated carbocycles. The molecule has 1 N–H and O–H groups in total. The predicted octanol–water partition coefficient (Wildman–Crippen LogP) is 2.04. The molecule has 1 unspecified atom stereocenters. The third-order valence-electron chi connectivity index (χ3n) is 4.48. The van der Waals surface area contributed by atoms with Gasteiger partial charge >= 0.3 is 0 Å². The van der Waals surface area contributed by atoms with Crippen LogP contribution < -0.4 is 5.32 Å². The molecular weight excluding hydrogens is 222 g/mol. The molecule has 1 atom stereocenters. The SMILES string of the molecule is CCN(CC)CCCNC(C)C1CCN(C)CC1. The molecule has 0 bridgehead atoms. The van der Waals surface area contributed by atoms with Gasteiger partial charge in [0.15, 0.2) is 0 Å². The lowest BCUT2D eigenvalue weighted by Crippen LogP contribution is -2.41. The van der Waals surface area contributed by atoms with Crippen molar-refractivity contribution in [3.05, 3.63) is 0 Å². The van der Waals surface area contributed by atoms with Crippen LogP contribution in [0.5, 0.6) is 0 Å². The van der Waals surface area contributed by atoms with Crippen LogP contribution in [0, 0.1) is 5.92 Å². The molecule has 0 amide bonds. The van der Waals surface area contributed by atoms with Gasteiger partial charge in [-0.1, -0.05) is 13.8 Å². The van der Waals surface area contributed by atoms with Gasteiger partial charge in [0.05, 0.1) is 0 Å². The number of nitrogens with zero attached hydrogens (tertiary/aromatic N) is 2. The lowest BCUT2D eigenvalue weighted by atomic mass is 9.90. The van der Waals surface area contributed by atoms with Crippen molar-refractivity contribution in [2.75, 3.05) is 46.3 Å². The highest BCUT2D eigenvalue weighted by atomic mass is 15.1. The first-order valence-corrected chi connectivity index (χ1v) is 7.81. The monoisotopic (exact) mass is 255 g/mol. The number of likely N-dealkylation sites (tertiary alicyclic amines) is 1. The standard InChI is InChI=1S/C15H33N3/c1-5-18(6-2)11-7-10-16-14(3)15-8-12-17(4)13-9-15/h14-16H,5-13H2,1-4H3. The molecule has 1 saturated heterocycles. The van der Waals surface area contributed by atoms with Gasteiger partial charge in [-0.25, -0.2) is 0 Å². The molecule has 0 spiro atoms. The molecule has 0 aromatic heterocycles. The van der Waals surface area contributed by atoms with Crippen LogP contribution in [0.4, 0.5) is 0 Å². The lowest BCUT2D eigenvalue weighted by molar-refractivity contribution is 0.189. The average molecular weight is 255 g/mol. The topological polar surface area (TPSA) is 18.5 Å². The number of hydrogen-bond acceptors (Lipinski definition) is 3. The second kappa shape index (κ2) is 8.89. The van der Waals surface area contributed by atoms with Gasteiger partial charge in [0.25, 0.3) is 0 Å². The van der Waals surface area contributed by atoms with Crippen LogP contribution in [0.2, 0.25) is 0 Å². The Morgan fingerprint density at radius 1 is 1.22 bits per heavy atom. The summed E-state index contributed by atoms with van der Waals surface area (Å²) in [5, 5.41) is 3.73. The molecule has 0 aromatic carbocycles. The second-order valence-corrected chi connectivity index (χ2v) is 5.76. The van der Waals surface area contributed by atoms with Crippen LogP contribution in [-0.4, -0.2) is 62.2 Å². The van der Waals surface area contributed by atoms with Gasteiger partial charge in [-0.2, -0.15) is 0 Å². The molecule has 3 heteroatoms. The molecule has 0 radical (unpaired) electrons. The van der Waals surface area contributed by atoms with E-state index >= 15 is 0 Å². The van der Waals surface area contributed by atoms with Gasteiger partial charge < -0.3 is 15.1 Å². The fourth-order valence-electron chi connectivity index (χ4n) is 2.87. The fourth-order valence-corrected chi connectivity index (χ4v) is 2.87. The summed E-state index contributed by atoms with van der Waals surface area (Å²) in [5.74, 6) is 0.884. The van der Waals surface area contributed by atoms with Gasteiger partial charge in [0.1, 0.15) is 0 Å². The first-order valence-electron chi connectivity index (χ1n) is 7.81. The highest BCUT2D eigenvalue weighted by Crippen LogP contribution is 2.19. The number of piperidine rings is 1. The first-order chi connectivity index (χ1) is 8.67. The number of rotatable bonds is 8. The van der Waals surface area contributed by atoms with Gasteiger partial charge in [0, 0.05) is 6.04 Å². The van der Waals surface area contributed by atoms with Crippen LogP contribution in [0.25, 0.3) is 0 Å². The van der Waals surface area contributed by atoms with Crippen molar-refractivity contribution >= 4 is 0 Å². The molecule has 0 aromatic rings. The maximum Gasteiger partial charge on any atom is 0.00679 e. The Balaban J connectivity index is 2.08. The molecule has 1 aliphatic heterocycles. The normalized spacial score (nSPS) is 20.5. The molecule has 0 aliphatic carbocycles. The quantitative estimate of drug-likeness (QED) is 0.670. The summed E-state index contributed by atoms with van der Waals surface area (Å²) in [6, 6.07) is 0.690. The van der Waals surface area contributed by atoms with Crippen molar-refractivity contribution in [1.82, 2.24) is 15.1 Å². The van der Waals surface area contributed by atoms with Crippen molar-refractivity contribution in [1.29, 1.82) is 0 Å². The zero-order valence-electron chi connectivity index (χ0n) is 12.9. The van der Waals surface area contributed by atoms with E-state index in [1.165, 1.54) is 58.5 Å². The van der Waals surface area contributed by atoms with E-state index in [9.17, 15) is 0 Å². The maximum atomic E-state index is 3.73. The van der Waals surface area contributed by atoms with Crippen LogP contribution in [0.3, 0.4) is 0 Å². The minimum absolute atomic E-state index is 0.690. The van der Waals surface area contributed by atoms with Crippen LogP contribution >= 0.6 is 0 Å². The Labute approximate surface area is 114 Å². The minimum atomic E-state index is 0.690. The molecule has 3 nitrogen and oxygen atoms in total. The van der Waals surface area contributed by atoms with Crippen molar-refractivity contribution in [2.24, 2.45) is 5.92 Å². The summed E-state index contributed by atoms with van der Waals surface area (Å²) < 4.78 is 0. The second-order valence-electron chi connectivity index (χ2n) is 5.76. The third-order valence-corrected chi connectivity index (χ3v) is 4.48. The smallest absolute Gasteiger partial charge is 0.00679 e. The number of nitrogens with one attached hydrogen (secondary N) is 1. The fraction of sp³-hybridized carbons (Fsp3) is 1.00. The predicted molar refractivity (Wildman–Crippen MR) is 80.1 cm³/mol. The summed E-state index contributed by atoms with van der Waals surface area (Å²) in [6.45, 7) is 14.2. The van der Waals surface area contributed by atoms with Gasteiger partial charge in [-0.15, -0.1) is 0 Å². The molecule has 18 heavy (non-hydrogen) atoms. The van der Waals surface area contributed by atoms with E-state index in [0.717, 1.165) is 5.92 Å². The number of hydrogen-bond donors (Lipinski definition) is 1. The van der Waals surface area contributed by atoms with Crippen molar-refractivity contribution < 1.29 is 0 Å². The molecular formula is C15H33N3. The zero-order chi connectivity index (χ0) is 13.4. The van der Waals surface area contributed by atoms with Gasteiger partial charge in [0.2, 0.25) is 0 Å². The zero-order valence-corrected chi connectivity index (χ0v) is 12.9. The van der Waals surface area contributed by atoms with Gasteiger partial charge in [-0.05, 0) is 78.4 Å². The molecule has 1 rings (SSSR count). The van der Waals surface area contributed by atoms with E-state index in [1.54, 1.807) is 0 Å². The highest BCUT2D eigenvalue weighted by molar-refractivity contribution is 4.78. The first kappa shape index (κ1) is 15.9. The molecule has 108 valence electrons. The van der Waals surface area contributed by atoms with Crippen LogP contribution in [0.1, 0.15) is 40.0 Å². The largest absolute Gasteiger partial charge is 0.314 e. The summed E-state index contributed by atoms with van der Waals surface area (Å²) in [5.41, 5.74) is 0. The molecule has 1 heterocycles. The van der Waals surface area contributed by atoms with Crippen LogP contribution in [-0.2, 0) is 0 Å². The Hall–Kier alpha value is -0.120. The van der Waals surface area contributed by atoms with E-state index in [-0.39, 0.29) is 0 Å². The van der Waals surface area contributed by atoms with Gasteiger partial charge in [-0.3, -0.25) is 0 Å². The van der Waals surface area contributed by atoms with E-state index in [2.05, 4.69) is 42.9 Å².